The number of hydrogen-bond donors (Lipinski definition) is 0. The quantitative estimate of drug-likeness (QED) is 0.200. The lowest BCUT2D eigenvalue weighted by Gasteiger charge is -2.16. The van der Waals surface area contributed by atoms with E-state index in [1.165, 1.54) is 51.4 Å². The summed E-state index contributed by atoms with van der Waals surface area (Å²) < 4.78 is 10.5. The second-order valence-corrected chi connectivity index (χ2v) is 7.86. The summed E-state index contributed by atoms with van der Waals surface area (Å²) in [6.07, 6.45) is 15.3. The number of hydrogen-bond acceptors (Lipinski definition) is 3. The minimum absolute atomic E-state index is 0.478. The fourth-order valence-electron chi connectivity index (χ4n) is 3.15. The molecule has 0 aromatic carbocycles. The van der Waals surface area contributed by atoms with Gasteiger partial charge in [-0.3, -0.25) is 0 Å². The molecule has 150 valence electrons. The number of rotatable bonds is 17. The third kappa shape index (κ3) is 17.9. The van der Waals surface area contributed by atoms with Gasteiger partial charge in [-0.05, 0) is 31.1 Å². The Morgan fingerprint density at radius 2 is 1.36 bits per heavy atom. The molecule has 25 heavy (non-hydrogen) atoms. The van der Waals surface area contributed by atoms with Gasteiger partial charge in [0.05, 0.1) is 13.2 Å². The van der Waals surface area contributed by atoms with Crippen LogP contribution in [0.1, 0.15) is 111 Å². The van der Waals surface area contributed by atoms with Crippen molar-refractivity contribution in [3.05, 3.63) is 0 Å². The first-order valence-corrected chi connectivity index (χ1v) is 10.9. The van der Waals surface area contributed by atoms with E-state index in [2.05, 4.69) is 27.7 Å². The maximum Gasteiger partial charge on any atom is 0.508 e. The van der Waals surface area contributed by atoms with Crippen LogP contribution in [0, 0.1) is 11.8 Å². The van der Waals surface area contributed by atoms with Gasteiger partial charge in [-0.2, -0.15) is 0 Å². The number of unbranched alkanes of at least 4 members (excludes halogenated alkanes) is 7. The second-order valence-electron chi connectivity index (χ2n) is 7.86. The highest BCUT2D eigenvalue weighted by Crippen LogP contribution is 2.16. The van der Waals surface area contributed by atoms with Crippen LogP contribution >= 0.6 is 0 Å². The third-order valence-electron chi connectivity index (χ3n) is 4.75. The molecule has 0 bridgehead atoms. The van der Waals surface area contributed by atoms with Crippen molar-refractivity contribution < 1.29 is 14.3 Å². The van der Waals surface area contributed by atoms with E-state index in [1.807, 2.05) is 0 Å². The molecule has 0 fully saturated rings. The normalized spacial score (nSPS) is 12.4. The smallest absolute Gasteiger partial charge is 0.434 e. The Morgan fingerprint density at radius 1 is 0.720 bits per heavy atom. The molecule has 0 N–H and O–H groups in total. The van der Waals surface area contributed by atoms with Crippen molar-refractivity contribution in [2.45, 2.75) is 111 Å². The molecule has 3 heteroatoms. The molecule has 0 aromatic rings. The van der Waals surface area contributed by atoms with Crippen LogP contribution in [0.15, 0.2) is 0 Å². The summed E-state index contributed by atoms with van der Waals surface area (Å²) in [5, 5.41) is 0. The fourth-order valence-corrected chi connectivity index (χ4v) is 3.15. The predicted octanol–water partition coefficient (Wildman–Crippen LogP) is 7.52. The zero-order valence-electron chi connectivity index (χ0n) is 17.5. The van der Waals surface area contributed by atoms with E-state index in [4.69, 9.17) is 9.47 Å². The summed E-state index contributed by atoms with van der Waals surface area (Å²) in [5.74, 6) is 1.32. The molecule has 0 heterocycles. The van der Waals surface area contributed by atoms with Crippen LogP contribution in [-0.2, 0) is 9.47 Å². The Balaban J connectivity index is 3.52. The molecule has 0 spiro atoms. The Hall–Kier alpha value is -0.730. The highest BCUT2D eigenvalue weighted by molar-refractivity contribution is 5.59. The van der Waals surface area contributed by atoms with Crippen molar-refractivity contribution in [1.29, 1.82) is 0 Å². The van der Waals surface area contributed by atoms with E-state index >= 15 is 0 Å². The molecule has 1 atom stereocenters. The van der Waals surface area contributed by atoms with Crippen molar-refractivity contribution in [2.24, 2.45) is 11.8 Å². The highest BCUT2D eigenvalue weighted by Gasteiger charge is 2.12. The Labute approximate surface area is 157 Å². The summed E-state index contributed by atoms with van der Waals surface area (Å²) in [4.78, 5) is 11.7. The Kier molecular flexibility index (Phi) is 17.5. The van der Waals surface area contributed by atoms with Crippen LogP contribution in [0.25, 0.3) is 0 Å². The summed E-state index contributed by atoms with van der Waals surface area (Å²) >= 11 is 0. The molecule has 0 aromatic heterocycles. The van der Waals surface area contributed by atoms with Crippen molar-refractivity contribution in [3.63, 3.8) is 0 Å². The Morgan fingerprint density at radius 3 is 2.00 bits per heavy atom. The van der Waals surface area contributed by atoms with Crippen LogP contribution in [0.5, 0.6) is 0 Å². The van der Waals surface area contributed by atoms with E-state index in [0.29, 0.717) is 19.1 Å². The van der Waals surface area contributed by atoms with Crippen LogP contribution in [0.3, 0.4) is 0 Å². The number of carbonyl (C=O) groups is 1. The number of ether oxygens (including phenoxy) is 2. The van der Waals surface area contributed by atoms with Gasteiger partial charge in [0.2, 0.25) is 0 Å². The zero-order chi connectivity index (χ0) is 18.8. The van der Waals surface area contributed by atoms with E-state index in [0.717, 1.165) is 38.0 Å². The monoisotopic (exact) mass is 356 g/mol. The molecular formula is C22H44O3. The molecule has 1 unspecified atom stereocenters. The van der Waals surface area contributed by atoms with Crippen molar-refractivity contribution in [1.82, 2.24) is 0 Å². The van der Waals surface area contributed by atoms with Gasteiger partial charge in [-0.15, -0.1) is 0 Å². The van der Waals surface area contributed by atoms with E-state index in [9.17, 15) is 4.79 Å². The lowest BCUT2D eigenvalue weighted by atomic mass is 9.97. The molecule has 0 amide bonds. The lowest BCUT2D eigenvalue weighted by molar-refractivity contribution is 0.0408. The summed E-state index contributed by atoms with van der Waals surface area (Å²) in [6.45, 7) is 9.99. The molecule has 3 nitrogen and oxygen atoms in total. The van der Waals surface area contributed by atoms with Gasteiger partial charge in [0.15, 0.2) is 0 Å². The maximum absolute atomic E-state index is 11.7. The van der Waals surface area contributed by atoms with Gasteiger partial charge < -0.3 is 9.47 Å². The lowest BCUT2D eigenvalue weighted by Crippen LogP contribution is -2.16. The average molecular weight is 357 g/mol. The molecule has 0 radical (unpaired) electrons. The SMILES string of the molecule is CCCCCC(CCC)COC(=O)OCCCCCCCCC(C)C. The standard InChI is InChI=1S/C22H44O3/c1-5-7-12-17-21(15-6-2)19-25-22(23)24-18-14-11-9-8-10-13-16-20(3)4/h20-21H,5-19H2,1-4H3. The predicted molar refractivity (Wildman–Crippen MR) is 107 cm³/mol. The first kappa shape index (κ1) is 24.3. The molecule has 0 aliphatic carbocycles. The summed E-state index contributed by atoms with van der Waals surface area (Å²) in [7, 11) is 0. The molecular weight excluding hydrogens is 312 g/mol. The van der Waals surface area contributed by atoms with E-state index in [1.54, 1.807) is 0 Å². The van der Waals surface area contributed by atoms with E-state index < -0.39 is 6.16 Å². The maximum atomic E-state index is 11.7. The summed E-state index contributed by atoms with van der Waals surface area (Å²) in [6, 6.07) is 0. The van der Waals surface area contributed by atoms with Gasteiger partial charge in [-0.25, -0.2) is 4.79 Å². The van der Waals surface area contributed by atoms with Crippen LogP contribution in [-0.4, -0.2) is 19.4 Å². The minimum atomic E-state index is -0.478. The number of carbonyl (C=O) groups excluding carboxylic acids is 1. The molecule has 0 rings (SSSR count). The topological polar surface area (TPSA) is 35.5 Å². The Bertz CT molecular complexity index is 289. The zero-order valence-corrected chi connectivity index (χ0v) is 17.5. The van der Waals surface area contributed by atoms with Crippen molar-refractivity contribution in [3.8, 4) is 0 Å². The van der Waals surface area contributed by atoms with Crippen molar-refractivity contribution >= 4 is 6.16 Å². The third-order valence-corrected chi connectivity index (χ3v) is 4.75. The first-order chi connectivity index (χ1) is 12.1. The summed E-state index contributed by atoms with van der Waals surface area (Å²) in [5.41, 5.74) is 0. The molecule has 0 aliphatic heterocycles. The average Bonchev–Trinajstić information content (AvgIpc) is 2.58. The first-order valence-electron chi connectivity index (χ1n) is 10.9. The molecule has 0 saturated heterocycles. The van der Waals surface area contributed by atoms with Gasteiger partial charge in [0.1, 0.15) is 0 Å². The van der Waals surface area contributed by atoms with Crippen LogP contribution in [0.4, 0.5) is 4.79 Å². The fraction of sp³-hybridized carbons (Fsp3) is 0.955. The minimum Gasteiger partial charge on any atom is -0.434 e. The van der Waals surface area contributed by atoms with Gasteiger partial charge in [-0.1, -0.05) is 91.9 Å². The van der Waals surface area contributed by atoms with Gasteiger partial charge >= 0.3 is 6.16 Å². The second kappa shape index (κ2) is 18.1. The molecule has 0 saturated carbocycles. The molecule has 0 aliphatic rings. The van der Waals surface area contributed by atoms with Crippen LogP contribution < -0.4 is 0 Å². The highest BCUT2D eigenvalue weighted by atomic mass is 16.7. The van der Waals surface area contributed by atoms with Crippen molar-refractivity contribution in [2.75, 3.05) is 13.2 Å². The van der Waals surface area contributed by atoms with Crippen LogP contribution in [0.2, 0.25) is 0 Å². The van der Waals surface area contributed by atoms with Gasteiger partial charge in [0.25, 0.3) is 0 Å². The van der Waals surface area contributed by atoms with Gasteiger partial charge in [0, 0.05) is 0 Å². The largest absolute Gasteiger partial charge is 0.508 e. The van der Waals surface area contributed by atoms with E-state index in [-0.39, 0.29) is 0 Å².